The van der Waals surface area contributed by atoms with Crippen LogP contribution in [0.25, 0.3) is 0 Å². The van der Waals surface area contributed by atoms with Gasteiger partial charge in [0, 0.05) is 37.0 Å². The molecule has 2 fully saturated rings. The van der Waals surface area contributed by atoms with Gasteiger partial charge in [-0.1, -0.05) is 6.42 Å². The van der Waals surface area contributed by atoms with E-state index in [9.17, 15) is 14.7 Å². The van der Waals surface area contributed by atoms with Crippen molar-refractivity contribution in [1.29, 1.82) is 0 Å². The normalized spacial score (nSPS) is 24.4. The number of rotatable bonds is 3. The second-order valence-corrected chi connectivity index (χ2v) is 8.15. The predicted molar refractivity (Wildman–Crippen MR) is 91.4 cm³/mol. The van der Waals surface area contributed by atoms with Gasteiger partial charge in [-0.25, -0.2) is 4.98 Å². The number of aliphatic carboxylic acids is 1. The van der Waals surface area contributed by atoms with E-state index in [1.54, 1.807) is 11.3 Å². The maximum absolute atomic E-state index is 12.3. The Balaban J connectivity index is 1.38. The predicted octanol–water partition coefficient (Wildman–Crippen LogP) is 1.78. The molecule has 1 aliphatic heterocycles. The minimum Gasteiger partial charge on any atom is -0.481 e. The Bertz CT molecular complexity index is 648. The van der Waals surface area contributed by atoms with Crippen molar-refractivity contribution in [3.63, 3.8) is 0 Å². The molecule has 4 rings (SSSR count). The zero-order valence-corrected chi connectivity index (χ0v) is 14.6. The number of hydrogen-bond acceptors (Lipinski definition) is 5. The molecule has 24 heavy (non-hydrogen) atoms. The molecule has 2 aliphatic carbocycles. The third-order valence-corrected chi connectivity index (χ3v) is 6.77. The summed E-state index contributed by atoms with van der Waals surface area (Å²) in [7, 11) is 0. The summed E-state index contributed by atoms with van der Waals surface area (Å²) in [6.45, 7) is 3.20. The molecule has 1 aromatic heterocycles. The number of hydrogen-bond donors (Lipinski definition) is 1. The first-order chi connectivity index (χ1) is 11.6. The molecule has 0 unspecified atom stereocenters. The van der Waals surface area contributed by atoms with E-state index in [-0.39, 0.29) is 11.8 Å². The fraction of sp³-hybridized carbons (Fsp3) is 0.706. The molecule has 7 heteroatoms. The lowest BCUT2D eigenvalue weighted by atomic mass is 9.84. The van der Waals surface area contributed by atoms with E-state index in [0.717, 1.165) is 61.1 Å². The van der Waals surface area contributed by atoms with Crippen LogP contribution in [0.2, 0.25) is 0 Å². The Morgan fingerprint density at radius 1 is 1.08 bits per heavy atom. The number of carboxylic acid groups (broad SMARTS) is 1. The van der Waals surface area contributed by atoms with Crippen LogP contribution in [0.3, 0.4) is 0 Å². The summed E-state index contributed by atoms with van der Waals surface area (Å²) in [6.07, 6.45) is 5.38. The number of amides is 1. The van der Waals surface area contributed by atoms with Crippen LogP contribution in [-0.4, -0.2) is 53.0 Å². The quantitative estimate of drug-likeness (QED) is 0.900. The number of aromatic nitrogens is 1. The van der Waals surface area contributed by atoms with E-state index in [0.29, 0.717) is 18.7 Å². The molecule has 0 bridgehead atoms. The monoisotopic (exact) mass is 349 g/mol. The van der Waals surface area contributed by atoms with Crippen molar-refractivity contribution < 1.29 is 14.7 Å². The first kappa shape index (κ1) is 15.9. The summed E-state index contributed by atoms with van der Waals surface area (Å²) in [6, 6.07) is 0. The zero-order chi connectivity index (χ0) is 16.7. The standard InChI is InChI=1S/C17H23N3O3S/c21-15(11-2-1-3-11)19-6-8-20(9-7-19)17-18-13-5-4-12(16(22)23)10-14(13)24-17/h11-12H,1-10H2,(H,22,23)/t12-/m0/s1. The summed E-state index contributed by atoms with van der Waals surface area (Å²) in [5.74, 6) is -0.346. The largest absolute Gasteiger partial charge is 0.481 e. The highest BCUT2D eigenvalue weighted by molar-refractivity contribution is 7.15. The van der Waals surface area contributed by atoms with Crippen LogP contribution in [-0.2, 0) is 22.4 Å². The van der Waals surface area contributed by atoms with Gasteiger partial charge in [0.2, 0.25) is 5.91 Å². The molecule has 1 atom stereocenters. The zero-order valence-electron chi connectivity index (χ0n) is 13.7. The highest BCUT2D eigenvalue weighted by Crippen LogP contribution is 2.35. The van der Waals surface area contributed by atoms with Gasteiger partial charge < -0.3 is 14.9 Å². The van der Waals surface area contributed by atoms with Crippen LogP contribution < -0.4 is 4.90 Å². The summed E-state index contributed by atoms with van der Waals surface area (Å²) in [5.41, 5.74) is 1.08. The summed E-state index contributed by atoms with van der Waals surface area (Å²) >= 11 is 1.64. The SMILES string of the molecule is O=C(O)[C@H]1CCc2nc(N3CCN(C(=O)C4CCC4)CC3)sc2C1. The molecule has 1 N–H and O–H groups in total. The van der Waals surface area contributed by atoms with Gasteiger partial charge >= 0.3 is 5.97 Å². The molecule has 0 spiro atoms. The average Bonchev–Trinajstić information content (AvgIpc) is 2.96. The highest BCUT2D eigenvalue weighted by atomic mass is 32.1. The van der Waals surface area contributed by atoms with E-state index in [1.165, 1.54) is 6.42 Å². The van der Waals surface area contributed by atoms with Gasteiger partial charge in [-0.05, 0) is 32.1 Å². The molecule has 1 amide bonds. The number of fused-ring (bicyclic) bond motifs is 1. The maximum atomic E-state index is 12.3. The van der Waals surface area contributed by atoms with Crippen molar-refractivity contribution in [2.75, 3.05) is 31.1 Å². The number of piperazine rings is 1. The molecule has 1 saturated carbocycles. The molecule has 6 nitrogen and oxygen atoms in total. The van der Waals surface area contributed by atoms with Crippen LogP contribution in [0.5, 0.6) is 0 Å². The molecule has 0 radical (unpaired) electrons. The molecular weight excluding hydrogens is 326 g/mol. The van der Waals surface area contributed by atoms with Gasteiger partial charge in [-0.2, -0.15) is 0 Å². The average molecular weight is 349 g/mol. The van der Waals surface area contributed by atoms with Gasteiger partial charge in [-0.3, -0.25) is 9.59 Å². The topological polar surface area (TPSA) is 73.7 Å². The van der Waals surface area contributed by atoms with Crippen LogP contribution in [0, 0.1) is 11.8 Å². The molecule has 1 saturated heterocycles. The Hall–Kier alpha value is -1.63. The first-order valence-corrected chi connectivity index (χ1v) is 9.68. The van der Waals surface area contributed by atoms with Crippen LogP contribution in [0.4, 0.5) is 5.13 Å². The third kappa shape index (κ3) is 2.90. The van der Waals surface area contributed by atoms with E-state index in [2.05, 4.69) is 4.90 Å². The van der Waals surface area contributed by atoms with Crippen LogP contribution >= 0.6 is 11.3 Å². The van der Waals surface area contributed by atoms with Gasteiger partial charge in [0.05, 0.1) is 11.6 Å². The summed E-state index contributed by atoms with van der Waals surface area (Å²) < 4.78 is 0. The molecule has 1 aromatic rings. The van der Waals surface area contributed by atoms with Gasteiger partial charge in [-0.15, -0.1) is 11.3 Å². The number of carboxylic acids is 1. The van der Waals surface area contributed by atoms with E-state index in [1.807, 2.05) is 4.90 Å². The number of thiazole rings is 1. The smallest absolute Gasteiger partial charge is 0.306 e. The number of anilines is 1. The minimum absolute atomic E-state index is 0.261. The Morgan fingerprint density at radius 3 is 2.46 bits per heavy atom. The number of nitrogens with zero attached hydrogens (tertiary/aromatic N) is 3. The van der Waals surface area contributed by atoms with E-state index < -0.39 is 5.97 Å². The van der Waals surface area contributed by atoms with E-state index >= 15 is 0 Å². The van der Waals surface area contributed by atoms with Crippen LogP contribution in [0.15, 0.2) is 0 Å². The number of aryl methyl sites for hydroxylation is 1. The highest BCUT2D eigenvalue weighted by Gasteiger charge is 2.32. The fourth-order valence-corrected chi connectivity index (χ4v) is 4.98. The van der Waals surface area contributed by atoms with Gasteiger partial charge in [0.1, 0.15) is 0 Å². The Morgan fingerprint density at radius 2 is 1.83 bits per heavy atom. The minimum atomic E-state index is -0.696. The van der Waals surface area contributed by atoms with Crippen LogP contribution in [0.1, 0.15) is 36.3 Å². The molecule has 3 aliphatic rings. The second-order valence-electron chi connectivity index (χ2n) is 7.08. The van der Waals surface area contributed by atoms with Crippen molar-refractivity contribution in [1.82, 2.24) is 9.88 Å². The van der Waals surface area contributed by atoms with Crippen molar-refractivity contribution in [3.05, 3.63) is 10.6 Å². The van der Waals surface area contributed by atoms with E-state index in [4.69, 9.17) is 4.98 Å². The van der Waals surface area contributed by atoms with Gasteiger partial charge in [0.25, 0.3) is 0 Å². The molecular formula is C17H23N3O3S. The second kappa shape index (κ2) is 6.35. The molecule has 130 valence electrons. The maximum Gasteiger partial charge on any atom is 0.306 e. The summed E-state index contributed by atoms with van der Waals surface area (Å²) in [5, 5.41) is 10.2. The van der Waals surface area contributed by atoms with Crippen molar-refractivity contribution in [2.24, 2.45) is 11.8 Å². The van der Waals surface area contributed by atoms with Crippen molar-refractivity contribution in [3.8, 4) is 0 Å². The number of carbonyl (C=O) groups excluding carboxylic acids is 1. The molecule has 2 heterocycles. The Labute approximate surface area is 145 Å². The Kier molecular flexibility index (Phi) is 4.20. The lowest BCUT2D eigenvalue weighted by molar-refractivity contribution is -0.142. The lowest BCUT2D eigenvalue weighted by Crippen LogP contribution is -2.51. The van der Waals surface area contributed by atoms with Crippen molar-refractivity contribution >= 4 is 28.3 Å². The number of carbonyl (C=O) groups is 2. The van der Waals surface area contributed by atoms with Crippen molar-refractivity contribution in [2.45, 2.75) is 38.5 Å². The fourth-order valence-electron chi connectivity index (χ4n) is 3.74. The lowest BCUT2D eigenvalue weighted by Gasteiger charge is -2.38. The molecule has 0 aromatic carbocycles. The third-order valence-electron chi connectivity index (χ3n) is 5.59. The summed E-state index contributed by atoms with van der Waals surface area (Å²) in [4.78, 5) is 33.7. The first-order valence-electron chi connectivity index (χ1n) is 8.87. The van der Waals surface area contributed by atoms with Gasteiger partial charge in [0.15, 0.2) is 5.13 Å².